The van der Waals surface area contributed by atoms with E-state index in [2.05, 4.69) is 26.6 Å². The monoisotopic (exact) mass is 536 g/mol. The number of nitrogens with zero attached hydrogens (tertiary/aromatic N) is 6. The van der Waals surface area contributed by atoms with Gasteiger partial charge in [-0.2, -0.15) is 15.5 Å². The molecule has 40 heavy (non-hydrogen) atoms. The number of nitriles is 2. The molecule has 2 N–H and O–H groups in total. The van der Waals surface area contributed by atoms with Crippen LogP contribution in [-0.4, -0.2) is 66.0 Å². The van der Waals surface area contributed by atoms with Gasteiger partial charge in [0, 0.05) is 50.7 Å². The number of methoxy groups -OCH3 is 1. The van der Waals surface area contributed by atoms with Crippen molar-refractivity contribution in [3.8, 4) is 12.1 Å². The Labute approximate surface area is 234 Å². The van der Waals surface area contributed by atoms with Gasteiger partial charge in [-0.1, -0.05) is 0 Å². The average Bonchev–Trinajstić information content (AvgIpc) is 2.94. The van der Waals surface area contributed by atoms with Gasteiger partial charge in [0.2, 0.25) is 5.95 Å². The standard InChI is InChI=1S/C30H32N8O2/c1-20-16-23(6-5-11-31)17-21(2)27(20)35-28-26(29(39)38-14-12-37(3)13-15-38)25(19-40-4)34-30(36-28)33-24-9-7-22(18-32)8-10-24/h5-10,16-17H,12-15,19H2,1-4H3,(H2,33,34,35,36)/b6-5+. The van der Waals surface area contributed by atoms with Crippen LogP contribution >= 0.6 is 0 Å². The third-order valence-electron chi connectivity index (χ3n) is 6.69. The van der Waals surface area contributed by atoms with Gasteiger partial charge in [-0.3, -0.25) is 4.79 Å². The molecule has 0 bridgehead atoms. The smallest absolute Gasteiger partial charge is 0.259 e. The Balaban J connectivity index is 1.80. The zero-order valence-electron chi connectivity index (χ0n) is 23.2. The van der Waals surface area contributed by atoms with E-state index in [9.17, 15) is 4.79 Å². The molecule has 0 unspecified atom stereocenters. The number of hydrogen-bond donors (Lipinski definition) is 2. The highest BCUT2D eigenvalue weighted by Gasteiger charge is 2.28. The van der Waals surface area contributed by atoms with Crippen molar-refractivity contribution in [2.75, 3.05) is 51.0 Å². The number of rotatable bonds is 8. The molecule has 1 aliphatic heterocycles. The molecule has 2 aromatic carbocycles. The second-order valence-electron chi connectivity index (χ2n) is 9.68. The first-order valence-corrected chi connectivity index (χ1v) is 12.9. The predicted molar refractivity (Wildman–Crippen MR) is 154 cm³/mol. The van der Waals surface area contributed by atoms with Crippen LogP contribution in [0.1, 0.15) is 38.3 Å². The van der Waals surface area contributed by atoms with Crippen molar-refractivity contribution in [2.45, 2.75) is 20.5 Å². The number of carbonyl (C=O) groups is 1. The van der Waals surface area contributed by atoms with Crippen molar-refractivity contribution in [1.82, 2.24) is 19.8 Å². The summed E-state index contributed by atoms with van der Waals surface area (Å²) in [6.45, 7) is 6.81. The lowest BCUT2D eigenvalue weighted by Gasteiger charge is -2.33. The molecule has 0 spiro atoms. The molecule has 1 fully saturated rings. The molecule has 0 saturated carbocycles. The summed E-state index contributed by atoms with van der Waals surface area (Å²) in [5, 5.41) is 24.7. The van der Waals surface area contributed by atoms with Crippen LogP contribution in [0.15, 0.2) is 42.5 Å². The van der Waals surface area contributed by atoms with Crippen molar-refractivity contribution in [3.05, 3.63) is 76.0 Å². The van der Waals surface area contributed by atoms with Crippen LogP contribution in [-0.2, 0) is 11.3 Å². The number of amides is 1. The molecule has 2 heterocycles. The van der Waals surface area contributed by atoms with E-state index in [1.807, 2.05) is 44.0 Å². The van der Waals surface area contributed by atoms with Gasteiger partial charge in [0.15, 0.2) is 0 Å². The number of hydrogen-bond acceptors (Lipinski definition) is 9. The highest BCUT2D eigenvalue weighted by molar-refractivity contribution is 6.01. The van der Waals surface area contributed by atoms with Crippen molar-refractivity contribution < 1.29 is 9.53 Å². The molecule has 3 aromatic rings. The van der Waals surface area contributed by atoms with Crippen molar-refractivity contribution in [2.24, 2.45) is 0 Å². The molecule has 204 valence electrons. The minimum absolute atomic E-state index is 0.115. The molecule has 1 aliphatic rings. The number of allylic oxidation sites excluding steroid dienone is 1. The molecule has 1 amide bonds. The maximum atomic E-state index is 13.9. The van der Waals surface area contributed by atoms with E-state index >= 15 is 0 Å². The average molecular weight is 537 g/mol. The van der Waals surface area contributed by atoms with E-state index in [1.165, 1.54) is 6.08 Å². The van der Waals surface area contributed by atoms with E-state index in [1.54, 1.807) is 37.5 Å². The number of anilines is 4. The summed E-state index contributed by atoms with van der Waals surface area (Å²) < 4.78 is 5.47. The number of aryl methyl sites for hydroxylation is 2. The van der Waals surface area contributed by atoms with Crippen LogP contribution in [0.25, 0.3) is 6.08 Å². The number of likely N-dealkylation sites (N-methyl/N-ethyl adjacent to an activating group) is 1. The van der Waals surface area contributed by atoms with Crippen molar-refractivity contribution >= 4 is 35.1 Å². The summed E-state index contributed by atoms with van der Waals surface area (Å²) in [6.07, 6.45) is 3.20. The topological polar surface area (TPSA) is 130 Å². The normalized spacial score (nSPS) is 13.6. The van der Waals surface area contributed by atoms with E-state index in [0.717, 1.165) is 35.5 Å². The number of piperazine rings is 1. The van der Waals surface area contributed by atoms with Gasteiger partial charge in [-0.25, -0.2) is 4.98 Å². The zero-order valence-corrected chi connectivity index (χ0v) is 23.2. The van der Waals surface area contributed by atoms with Crippen LogP contribution in [0.4, 0.5) is 23.1 Å². The van der Waals surface area contributed by atoms with Gasteiger partial charge in [0.1, 0.15) is 11.4 Å². The Hall–Kier alpha value is -4.77. The summed E-state index contributed by atoms with van der Waals surface area (Å²) in [6, 6.07) is 15.0. The molecule has 1 aromatic heterocycles. The molecular formula is C30H32N8O2. The summed E-state index contributed by atoms with van der Waals surface area (Å²) in [4.78, 5) is 27.4. The summed E-state index contributed by atoms with van der Waals surface area (Å²) in [5.41, 5.74) is 5.66. The SMILES string of the molecule is COCc1nc(Nc2ccc(C#N)cc2)nc(Nc2c(C)cc(/C=C/C#N)cc2C)c1C(=O)N1CCN(C)CC1. The second-order valence-corrected chi connectivity index (χ2v) is 9.68. The van der Waals surface area contributed by atoms with Gasteiger partial charge in [-0.05, 0) is 80.1 Å². The number of nitrogens with one attached hydrogen (secondary N) is 2. The maximum Gasteiger partial charge on any atom is 0.259 e. The fourth-order valence-corrected chi connectivity index (χ4v) is 4.59. The van der Waals surface area contributed by atoms with Crippen molar-refractivity contribution in [1.29, 1.82) is 10.5 Å². The molecular weight excluding hydrogens is 504 g/mol. The molecule has 0 atom stereocenters. The highest BCUT2D eigenvalue weighted by atomic mass is 16.5. The largest absolute Gasteiger partial charge is 0.378 e. The van der Waals surface area contributed by atoms with E-state index in [0.29, 0.717) is 41.4 Å². The third kappa shape index (κ3) is 6.62. The summed E-state index contributed by atoms with van der Waals surface area (Å²) in [5.74, 6) is 0.503. The fraction of sp³-hybridized carbons (Fsp3) is 0.300. The zero-order chi connectivity index (χ0) is 28.6. The first kappa shape index (κ1) is 28.2. The minimum Gasteiger partial charge on any atom is -0.378 e. The second kappa shape index (κ2) is 12.9. The first-order chi connectivity index (χ1) is 19.3. The third-order valence-corrected chi connectivity index (χ3v) is 6.69. The lowest BCUT2D eigenvalue weighted by atomic mass is 10.0. The number of benzene rings is 2. The van der Waals surface area contributed by atoms with Gasteiger partial charge < -0.3 is 25.2 Å². The quantitative estimate of drug-likeness (QED) is 0.399. The minimum atomic E-state index is -0.156. The Morgan fingerprint density at radius 3 is 2.33 bits per heavy atom. The summed E-state index contributed by atoms with van der Waals surface area (Å²) in [7, 11) is 3.60. The fourth-order valence-electron chi connectivity index (χ4n) is 4.59. The van der Waals surface area contributed by atoms with E-state index in [4.69, 9.17) is 20.2 Å². The number of aromatic nitrogens is 2. The molecule has 10 heteroatoms. The molecule has 0 radical (unpaired) electrons. The highest BCUT2D eigenvalue weighted by Crippen LogP contribution is 2.31. The Morgan fingerprint density at radius 1 is 1.05 bits per heavy atom. The Bertz CT molecular complexity index is 1470. The van der Waals surface area contributed by atoms with E-state index < -0.39 is 0 Å². The van der Waals surface area contributed by atoms with Gasteiger partial charge in [-0.15, -0.1) is 0 Å². The van der Waals surface area contributed by atoms with Gasteiger partial charge in [0.25, 0.3) is 5.91 Å². The van der Waals surface area contributed by atoms with Crippen LogP contribution < -0.4 is 10.6 Å². The lowest BCUT2D eigenvalue weighted by Crippen LogP contribution is -2.47. The van der Waals surface area contributed by atoms with Crippen LogP contribution in [0, 0.1) is 36.5 Å². The first-order valence-electron chi connectivity index (χ1n) is 12.9. The molecule has 10 nitrogen and oxygen atoms in total. The molecule has 4 rings (SSSR count). The lowest BCUT2D eigenvalue weighted by molar-refractivity contribution is 0.0659. The predicted octanol–water partition coefficient (Wildman–Crippen LogP) is 4.52. The van der Waals surface area contributed by atoms with Crippen LogP contribution in [0.3, 0.4) is 0 Å². The summed E-state index contributed by atoms with van der Waals surface area (Å²) >= 11 is 0. The number of ether oxygens (including phenoxy) is 1. The van der Waals surface area contributed by atoms with Crippen molar-refractivity contribution in [3.63, 3.8) is 0 Å². The van der Waals surface area contributed by atoms with Crippen LogP contribution in [0.2, 0.25) is 0 Å². The molecule has 0 aliphatic carbocycles. The van der Waals surface area contributed by atoms with Gasteiger partial charge >= 0.3 is 0 Å². The number of carbonyl (C=O) groups excluding carboxylic acids is 1. The van der Waals surface area contributed by atoms with Gasteiger partial charge in [0.05, 0.1) is 30.0 Å². The Kier molecular flexibility index (Phi) is 9.07. The van der Waals surface area contributed by atoms with E-state index in [-0.39, 0.29) is 18.5 Å². The Morgan fingerprint density at radius 2 is 1.73 bits per heavy atom. The molecule has 1 saturated heterocycles. The van der Waals surface area contributed by atoms with Crippen LogP contribution in [0.5, 0.6) is 0 Å². The maximum absolute atomic E-state index is 13.9.